The first-order valence-corrected chi connectivity index (χ1v) is 13.1. The van der Waals surface area contributed by atoms with Gasteiger partial charge in [0.2, 0.25) is 0 Å². The molecule has 10 nitrogen and oxygen atoms in total. The molecule has 1 saturated heterocycles. The number of aliphatic carboxylic acids is 1. The first kappa shape index (κ1) is 28.1. The van der Waals surface area contributed by atoms with E-state index in [0.29, 0.717) is 19.0 Å². The van der Waals surface area contributed by atoms with E-state index in [1.165, 1.54) is 30.0 Å². The zero-order chi connectivity index (χ0) is 27.9. The predicted molar refractivity (Wildman–Crippen MR) is 147 cm³/mol. The first-order valence-electron chi connectivity index (χ1n) is 12.4. The molecule has 39 heavy (non-hydrogen) atoms. The molecule has 0 spiro atoms. The van der Waals surface area contributed by atoms with Gasteiger partial charge in [-0.15, -0.1) is 0 Å². The molecule has 3 amide bonds. The Kier molecular flexibility index (Phi) is 9.21. The summed E-state index contributed by atoms with van der Waals surface area (Å²) in [6.07, 6.45) is 3.86. The lowest BCUT2D eigenvalue weighted by molar-refractivity contribution is -0.139. The molecule has 2 heterocycles. The van der Waals surface area contributed by atoms with E-state index < -0.39 is 29.6 Å². The lowest BCUT2D eigenvalue weighted by Gasteiger charge is -2.33. The molecule has 12 heteroatoms. The maximum atomic E-state index is 12.8. The highest BCUT2D eigenvalue weighted by Crippen LogP contribution is 2.25. The minimum atomic E-state index is -1.36. The van der Waals surface area contributed by atoms with Crippen LogP contribution in [0, 0.1) is 5.92 Å². The van der Waals surface area contributed by atoms with Gasteiger partial charge in [0.25, 0.3) is 5.91 Å². The monoisotopic (exact) mass is 571 g/mol. The van der Waals surface area contributed by atoms with E-state index in [-0.39, 0.29) is 28.0 Å². The number of carbonyl (C=O) groups is 3. The Morgan fingerprint density at radius 1 is 1.00 bits per heavy atom. The fourth-order valence-corrected chi connectivity index (χ4v) is 5.01. The number of carboxylic acids is 1. The standard InChI is InChI=1S/C27H27Cl2N5O5/c28-19-7-4-8-20(29)23(19)24(35)31-22-11-14-34(27(39)32-22)16-21(25(36)37)30-26(38)33-12-9-18(10-13-33)15-17-5-2-1-3-6-17/h1-8,11,14,18,21H,9-10,12-13,15-16H2,(H,30,38)(H,36,37)(H,31,32,35,39)/t21-/m0/s1. The van der Waals surface area contributed by atoms with Crippen molar-refractivity contribution in [2.24, 2.45) is 5.92 Å². The van der Waals surface area contributed by atoms with E-state index >= 15 is 0 Å². The van der Waals surface area contributed by atoms with Gasteiger partial charge < -0.3 is 20.6 Å². The van der Waals surface area contributed by atoms with Gasteiger partial charge in [-0.2, -0.15) is 4.98 Å². The molecule has 0 bridgehead atoms. The molecule has 0 saturated carbocycles. The number of hydrogen-bond acceptors (Lipinski definition) is 5. The van der Waals surface area contributed by atoms with E-state index in [9.17, 15) is 24.3 Å². The molecule has 0 aliphatic carbocycles. The fraction of sp³-hybridized carbons (Fsp3) is 0.296. The Hall–Kier alpha value is -3.89. The van der Waals surface area contributed by atoms with Crippen molar-refractivity contribution in [2.75, 3.05) is 18.4 Å². The molecule has 4 rings (SSSR count). The number of amides is 3. The minimum Gasteiger partial charge on any atom is -0.480 e. The minimum absolute atomic E-state index is 0.0320. The van der Waals surface area contributed by atoms with Crippen molar-refractivity contribution in [2.45, 2.75) is 31.8 Å². The lowest BCUT2D eigenvalue weighted by atomic mass is 9.90. The quantitative estimate of drug-likeness (QED) is 0.375. The number of nitrogens with one attached hydrogen (secondary N) is 2. The number of likely N-dealkylation sites (tertiary alicyclic amines) is 1. The van der Waals surface area contributed by atoms with Gasteiger partial charge in [0.1, 0.15) is 11.9 Å². The van der Waals surface area contributed by atoms with Crippen LogP contribution in [0.1, 0.15) is 28.8 Å². The molecule has 3 aromatic rings. The molecule has 3 N–H and O–H groups in total. The number of halogens is 2. The molecule has 1 atom stereocenters. The van der Waals surface area contributed by atoms with Gasteiger partial charge in [-0.3, -0.25) is 9.36 Å². The number of nitrogens with zero attached hydrogens (tertiary/aromatic N) is 3. The molecular weight excluding hydrogens is 545 g/mol. The van der Waals surface area contributed by atoms with Crippen LogP contribution in [0.3, 0.4) is 0 Å². The molecule has 1 aliphatic heterocycles. The van der Waals surface area contributed by atoms with Crippen molar-refractivity contribution in [1.29, 1.82) is 0 Å². The van der Waals surface area contributed by atoms with Crippen molar-refractivity contribution in [3.05, 3.63) is 92.5 Å². The van der Waals surface area contributed by atoms with Gasteiger partial charge in [-0.05, 0) is 48.9 Å². The number of aromatic nitrogens is 2. The van der Waals surface area contributed by atoms with Gasteiger partial charge in [-0.25, -0.2) is 14.4 Å². The maximum Gasteiger partial charge on any atom is 0.349 e. The van der Waals surface area contributed by atoms with E-state index in [1.54, 1.807) is 11.0 Å². The third kappa shape index (κ3) is 7.36. The Labute approximate surface area is 234 Å². The number of piperidine rings is 1. The number of carboxylic acid groups (broad SMARTS) is 1. The van der Waals surface area contributed by atoms with Crippen LogP contribution in [0.2, 0.25) is 10.0 Å². The smallest absolute Gasteiger partial charge is 0.349 e. The molecule has 204 valence electrons. The van der Waals surface area contributed by atoms with Gasteiger partial charge in [0, 0.05) is 19.3 Å². The molecule has 1 aliphatic rings. The second-order valence-electron chi connectivity index (χ2n) is 9.26. The van der Waals surface area contributed by atoms with Crippen LogP contribution < -0.4 is 16.3 Å². The number of anilines is 1. The third-order valence-corrected chi connectivity index (χ3v) is 7.18. The summed E-state index contributed by atoms with van der Waals surface area (Å²) in [6.45, 7) is 0.685. The van der Waals surface area contributed by atoms with E-state index in [1.807, 2.05) is 18.2 Å². The van der Waals surface area contributed by atoms with Gasteiger partial charge in [0.05, 0.1) is 22.2 Å². The van der Waals surface area contributed by atoms with Crippen molar-refractivity contribution in [3.63, 3.8) is 0 Å². The molecule has 0 unspecified atom stereocenters. The third-order valence-electron chi connectivity index (χ3n) is 6.55. The van der Waals surface area contributed by atoms with Crippen LogP contribution in [-0.2, 0) is 17.8 Å². The van der Waals surface area contributed by atoms with E-state index in [2.05, 4.69) is 27.8 Å². The number of benzene rings is 2. The number of carbonyl (C=O) groups excluding carboxylic acids is 2. The average molecular weight is 572 g/mol. The number of hydrogen-bond donors (Lipinski definition) is 3. The van der Waals surface area contributed by atoms with Crippen LogP contribution in [0.5, 0.6) is 0 Å². The summed E-state index contributed by atoms with van der Waals surface area (Å²) in [7, 11) is 0. The normalized spacial score (nSPS) is 14.5. The topological polar surface area (TPSA) is 134 Å². The Bertz CT molecular complexity index is 1390. The molecule has 1 aromatic heterocycles. The summed E-state index contributed by atoms with van der Waals surface area (Å²) in [5.41, 5.74) is 0.480. The highest BCUT2D eigenvalue weighted by molar-refractivity contribution is 6.40. The predicted octanol–water partition coefficient (Wildman–Crippen LogP) is 3.92. The van der Waals surface area contributed by atoms with Crippen LogP contribution in [0.4, 0.5) is 10.6 Å². The Balaban J connectivity index is 1.34. The molecule has 0 radical (unpaired) electrons. The summed E-state index contributed by atoms with van der Waals surface area (Å²) >= 11 is 12.1. The summed E-state index contributed by atoms with van der Waals surface area (Å²) in [5, 5.41) is 14.9. The lowest BCUT2D eigenvalue weighted by Crippen LogP contribution is -2.52. The Morgan fingerprint density at radius 2 is 1.67 bits per heavy atom. The average Bonchev–Trinajstić information content (AvgIpc) is 2.90. The summed E-state index contributed by atoms with van der Waals surface area (Å²) < 4.78 is 1.04. The van der Waals surface area contributed by atoms with Crippen molar-refractivity contribution in [1.82, 2.24) is 19.8 Å². The van der Waals surface area contributed by atoms with Crippen molar-refractivity contribution < 1.29 is 19.5 Å². The summed E-state index contributed by atoms with van der Waals surface area (Å²) in [4.78, 5) is 55.2. The van der Waals surface area contributed by atoms with Crippen LogP contribution in [0.15, 0.2) is 65.6 Å². The van der Waals surface area contributed by atoms with Crippen molar-refractivity contribution in [3.8, 4) is 0 Å². The second-order valence-corrected chi connectivity index (χ2v) is 10.1. The van der Waals surface area contributed by atoms with Crippen LogP contribution >= 0.6 is 23.2 Å². The molecular formula is C27H27Cl2N5O5. The zero-order valence-corrected chi connectivity index (χ0v) is 22.4. The van der Waals surface area contributed by atoms with Crippen LogP contribution in [-0.4, -0.2) is 56.6 Å². The largest absolute Gasteiger partial charge is 0.480 e. The van der Waals surface area contributed by atoms with E-state index in [0.717, 1.165) is 23.8 Å². The Morgan fingerprint density at radius 3 is 2.28 bits per heavy atom. The zero-order valence-electron chi connectivity index (χ0n) is 20.8. The number of urea groups is 1. The van der Waals surface area contributed by atoms with Crippen LogP contribution in [0.25, 0.3) is 0 Å². The first-order chi connectivity index (χ1) is 18.7. The molecule has 1 fully saturated rings. The summed E-state index contributed by atoms with van der Waals surface area (Å²) in [6, 6.07) is 14.2. The van der Waals surface area contributed by atoms with Gasteiger partial charge >= 0.3 is 17.7 Å². The molecule has 2 aromatic carbocycles. The van der Waals surface area contributed by atoms with Gasteiger partial charge in [-0.1, -0.05) is 59.6 Å². The SMILES string of the molecule is O=C(Nc1ccn(C[C@H](NC(=O)N2CCC(Cc3ccccc3)CC2)C(=O)O)c(=O)n1)c1c(Cl)cccc1Cl. The van der Waals surface area contributed by atoms with Crippen molar-refractivity contribution >= 4 is 46.9 Å². The fourth-order valence-electron chi connectivity index (χ4n) is 4.44. The van der Waals surface area contributed by atoms with E-state index in [4.69, 9.17) is 23.2 Å². The van der Waals surface area contributed by atoms with Gasteiger partial charge in [0.15, 0.2) is 0 Å². The highest BCUT2D eigenvalue weighted by atomic mass is 35.5. The highest BCUT2D eigenvalue weighted by Gasteiger charge is 2.27. The second kappa shape index (κ2) is 12.8. The maximum absolute atomic E-state index is 12.8. The number of rotatable bonds is 8. The summed E-state index contributed by atoms with van der Waals surface area (Å²) in [5.74, 6) is -1.56.